The molecule has 3 nitrogen and oxygen atoms in total. The van der Waals surface area contributed by atoms with Gasteiger partial charge in [0.05, 0.1) is 11.9 Å². The molecule has 0 bridgehead atoms. The van der Waals surface area contributed by atoms with Gasteiger partial charge in [0, 0.05) is 11.4 Å². The van der Waals surface area contributed by atoms with E-state index in [0.717, 1.165) is 18.2 Å². The van der Waals surface area contributed by atoms with Crippen LogP contribution in [0.1, 0.15) is 5.69 Å². The molecule has 0 aliphatic carbocycles. The Balaban J connectivity index is 2.48. The van der Waals surface area contributed by atoms with Crippen LogP contribution < -0.4 is 0 Å². The molecule has 0 saturated carbocycles. The van der Waals surface area contributed by atoms with Crippen molar-refractivity contribution < 1.29 is 8.78 Å². The Labute approximate surface area is 92.8 Å². The first kappa shape index (κ1) is 10.2. The zero-order valence-corrected chi connectivity index (χ0v) is 9.08. The van der Waals surface area contributed by atoms with Crippen molar-refractivity contribution in [2.45, 2.75) is 5.33 Å². The molecule has 0 amide bonds. The van der Waals surface area contributed by atoms with Gasteiger partial charge in [-0.2, -0.15) is 0 Å². The van der Waals surface area contributed by atoms with Gasteiger partial charge in [0.1, 0.15) is 17.3 Å². The van der Waals surface area contributed by atoms with Gasteiger partial charge >= 0.3 is 0 Å². The van der Waals surface area contributed by atoms with E-state index in [1.54, 1.807) is 0 Å². The van der Waals surface area contributed by atoms with Gasteiger partial charge in [-0.3, -0.25) is 0 Å². The molecular weight excluding hydrogens is 268 g/mol. The standard InChI is InChI=1S/C9H6BrF2N3/c10-4-7-5-15(14-13-7)9-3-6(11)1-2-8(9)12/h1-3,5H,4H2. The molecule has 1 aromatic carbocycles. The summed E-state index contributed by atoms with van der Waals surface area (Å²) in [5.74, 6) is -1.05. The zero-order valence-electron chi connectivity index (χ0n) is 7.49. The maximum atomic E-state index is 13.3. The molecule has 2 aromatic rings. The molecule has 0 fully saturated rings. The number of rotatable bonds is 2. The Kier molecular flexibility index (Phi) is 2.77. The highest BCUT2D eigenvalue weighted by molar-refractivity contribution is 9.08. The van der Waals surface area contributed by atoms with Crippen LogP contribution in [-0.2, 0) is 5.33 Å². The topological polar surface area (TPSA) is 30.7 Å². The van der Waals surface area contributed by atoms with Gasteiger partial charge in [-0.15, -0.1) is 5.10 Å². The fourth-order valence-electron chi connectivity index (χ4n) is 1.14. The van der Waals surface area contributed by atoms with E-state index in [1.807, 2.05) is 0 Å². The van der Waals surface area contributed by atoms with Gasteiger partial charge in [0.25, 0.3) is 0 Å². The summed E-state index contributed by atoms with van der Waals surface area (Å²) < 4.78 is 27.4. The van der Waals surface area contributed by atoms with Crippen molar-refractivity contribution in [1.29, 1.82) is 0 Å². The molecule has 0 N–H and O–H groups in total. The minimum Gasteiger partial charge on any atom is -0.217 e. The van der Waals surface area contributed by atoms with Crippen molar-refractivity contribution in [3.8, 4) is 5.69 Å². The van der Waals surface area contributed by atoms with Crippen LogP contribution in [-0.4, -0.2) is 15.0 Å². The third-order valence-electron chi connectivity index (χ3n) is 1.83. The first-order valence-electron chi connectivity index (χ1n) is 4.13. The maximum Gasteiger partial charge on any atom is 0.149 e. The van der Waals surface area contributed by atoms with Crippen LogP contribution in [0.5, 0.6) is 0 Å². The smallest absolute Gasteiger partial charge is 0.149 e. The van der Waals surface area contributed by atoms with Gasteiger partial charge in [-0.25, -0.2) is 13.5 Å². The summed E-state index contributed by atoms with van der Waals surface area (Å²) in [7, 11) is 0. The van der Waals surface area contributed by atoms with Crippen LogP contribution in [0.3, 0.4) is 0 Å². The lowest BCUT2D eigenvalue weighted by atomic mass is 10.3. The summed E-state index contributed by atoms with van der Waals surface area (Å²) in [5.41, 5.74) is 0.702. The molecule has 78 valence electrons. The third kappa shape index (κ3) is 2.04. The number of aromatic nitrogens is 3. The summed E-state index contributed by atoms with van der Waals surface area (Å²) in [6.07, 6.45) is 1.53. The van der Waals surface area contributed by atoms with Crippen LogP contribution in [0.4, 0.5) is 8.78 Å². The Morgan fingerprint density at radius 3 is 2.80 bits per heavy atom. The van der Waals surface area contributed by atoms with Crippen molar-refractivity contribution in [2.24, 2.45) is 0 Å². The van der Waals surface area contributed by atoms with Crippen molar-refractivity contribution in [3.05, 3.63) is 41.7 Å². The van der Waals surface area contributed by atoms with Gasteiger partial charge in [0.15, 0.2) is 0 Å². The lowest BCUT2D eigenvalue weighted by Crippen LogP contribution is -1.99. The molecule has 0 unspecified atom stereocenters. The van der Waals surface area contributed by atoms with Gasteiger partial charge < -0.3 is 0 Å². The van der Waals surface area contributed by atoms with Crippen LogP contribution >= 0.6 is 15.9 Å². The minimum absolute atomic E-state index is 0.0506. The second kappa shape index (κ2) is 4.06. The fraction of sp³-hybridized carbons (Fsp3) is 0.111. The van der Waals surface area contributed by atoms with Gasteiger partial charge in [-0.1, -0.05) is 21.1 Å². The van der Waals surface area contributed by atoms with Crippen molar-refractivity contribution >= 4 is 15.9 Å². The summed E-state index contributed by atoms with van der Waals surface area (Å²) in [5, 5.41) is 7.97. The Hall–Kier alpha value is -1.30. The van der Waals surface area contributed by atoms with E-state index in [0.29, 0.717) is 11.0 Å². The predicted molar refractivity (Wildman–Crippen MR) is 53.9 cm³/mol. The first-order chi connectivity index (χ1) is 7.20. The number of alkyl halides is 1. The highest BCUT2D eigenvalue weighted by Gasteiger charge is 2.08. The third-order valence-corrected chi connectivity index (χ3v) is 2.41. The number of nitrogens with zero attached hydrogens (tertiary/aromatic N) is 3. The lowest BCUT2D eigenvalue weighted by molar-refractivity contribution is 0.584. The zero-order chi connectivity index (χ0) is 10.8. The predicted octanol–water partition coefficient (Wildman–Crippen LogP) is 2.44. The average Bonchev–Trinajstić information content (AvgIpc) is 2.70. The quantitative estimate of drug-likeness (QED) is 0.787. The molecule has 0 saturated heterocycles. The number of halogens is 3. The highest BCUT2D eigenvalue weighted by atomic mass is 79.9. The Bertz CT molecular complexity index is 484. The van der Waals surface area contributed by atoms with Crippen LogP contribution in [0.15, 0.2) is 24.4 Å². The van der Waals surface area contributed by atoms with E-state index in [1.165, 1.54) is 10.9 Å². The van der Waals surface area contributed by atoms with E-state index in [2.05, 4.69) is 26.2 Å². The summed E-state index contributed by atoms with van der Waals surface area (Å²) in [6, 6.07) is 3.18. The molecule has 0 radical (unpaired) electrons. The van der Waals surface area contributed by atoms with E-state index in [4.69, 9.17) is 0 Å². The molecule has 1 heterocycles. The molecule has 0 aliphatic rings. The molecule has 1 aromatic heterocycles. The van der Waals surface area contributed by atoms with E-state index < -0.39 is 11.6 Å². The van der Waals surface area contributed by atoms with Crippen LogP contribution in [0.25, 0.3) is 5.69 Å². The molecule has 15 heavy (non-hydrogen) atoms. The summed E-state index contributed by atoms with van der Waals surface area (Å²) in [4.78, 5) is 0. The monoisotopic (exact) mass is 273 g/mol. The second-order valence-corrected chi connectivity index (χ2v) is 3.44. The number of hydrogen-bond acceptors (Lipinski definition) is 2. The van der Waals surface area contributed by atoms with E-state index in [-0.39, 0.29) is 5.69 Å². The molecule has 0 aliphatic heterocycles. The van der Waals surface area contributed by atoms with Gasteiger partial charge in [0.2, 0.25) is 0 Å². The molecule has 0 atom stereocenters. The minimum atomic E-state index is -0.539. The van der Waals surface area contributed by atoms with Crippen molar-refractivity contribution in [1.82, 2.24) is 15.0 Å². The molecule has 0 spiro atoms. The first-order valence-corrected chi connectivity index (χ1v) is 5.25. The number of benzene rings is 1. The molecule has 2 rings (SSSR count). The lowest BCUT2D eigenvalue weighted by Gasteiger charge is -2.01. The van der Waals surface area contributed by atoms with Crippen molar-refractivity contribution in [2.75, 3.05) is 0 Å². The van der Waals surface area contributed by atoms with Crippen LogP contribution in [0, 0.1) is 11.6 Å². The molecular formula is C9H6BrF2N3. The summed E-state index contributed by atoms with van der Waals surface area (Å²) in [6.45, 7) is 0. The Morgan fingerprint density at radius 1 is 1.33 bits per heavy atom. The number of hydrogen-bond donors (Lipinski definition) is 0. The normalized spacial score (nSPS) is 10.6. The maximum absolute atomic E-state index is 13.3. The SMILES string of the molecule is Fc1ccc(F)c(-n2cc(CBr)nn2)c1. The summed E-state index contributed by atoms with van der Waals surface area (Å²) >= 11 is 3.19. The second-order valence-electron chi connectivity index (χ2n) is 2.88. The fourth-order valence-corrected chi connectivity index (χ4v) is 1.40. The largest absolute Gasteiger partial charge is 0.217 e. The average molecular weight is 274 g/mol. The highest BCUT2D eigenvalue weighted by Crippen LogP contribution is 2.14. The van der Waals surface area contributed by atoms with Crippen molar-refractivity contribution in [3.63, 3.8) is 0 Å². The van der Waals surface area contributed by atoms with Crippen LogP contribution in [0.2, 0.25) is 0 Å². The Morgan fingerprint density at radius 2 is 2.13 bits per heavy atom. The van der Waals surface area contributed by atoms with E-state index >= 15 is 0 Å². The van der Waals surface area contributed by atoms with E-state index in [9.17, 15) is 8.78 Å². The van der Waals surface area contributed by atoms with Gasteiger partial charge in [-0.05, 0) is 12.1 Å². The molecule has 6 heteroatoms.